The largest absolute Gasteiger partial charge is 0.508 e. The highest BCUT2D eigenvalue weighted by molar-refractivity contribution is 5.49. The first kappa shape index (κ1) is 13.1. The van der Waals surface area contributed by atoms with Gasteiger partial charge in [0.1, 0.15) is 5.75 Å². The molecule has 0 aliphatic rings. The van der Waals surface area contributed by atoms with E-state index in [1.165, 1.54) is 4.57 Å². The normalized spacial score (nSPS) is 10.5. The van der Waals surface area contributed by atoms with Crippen LogP contribution in [0.15, 0.2) is 65.7 Å². The van der Waals surface area contributed by atoms with Gasteiger partial charge in [-0.25, -0.2) is 4.79 Å². The number of phenolic OH excluding ortho intramolecular Hbond substituents is 1. The van der Waals surface area contributed by atoms with E-state index in [4.69, 9.17) is 0 Å². The van der Waals surface area contributed by atoms with Crippen LogP contribution in [0.3, 0.4) is 0 Å². The van der Waals surface area contributed by atoms with Gasteiger partial charge < -0.3 is 15.4 Å². The maximum Gasteiger partial charge on any atom is 0.330 e. The monoisotopic (exact) mass is 281 g/mol. The molecular weight excluding hydrogens is 266 g/mol. The quantitative estimate of drug-likeness (QED) is 0.688. The maximum atomic E-state index is 11.5. The van der Waals surface area contributed by atoms with Gasteiger partial charge in [0.25, 0.3) is 0 Å². The average molecular weight is 281 g/mol. The van der Waals surface area contributed by atoms with Crippen LogP contribution in [0.2, 0.25) is 0 Å². The molecule has 106 valence electrons. The Hall–Kier alpha value is -2.95. The van der Waals surface area contributed by atoms with Crippen molar-refractivity contribution in [1.82, 2.24) is 9.55 Å². The van der Waals surface area contributed by atoms with Crippen molar-refractivity contribution < 1.29 is 5.11 Å². The highest BCUT2D eigenvalue weighted by Crippen LogP contribution is 2.18. The van der Waals surface area contributed by atoms with E-state index < -0.39 is 0 Å². The van der Waals surface area contributed by atoms with E-state index in [0.717, 1.165) is 16.9 Å². The van der Waals surface area contributed by atoms with Crippen LogP contribution in [0, 0.1) is 0 Å². The molecule has 3 aromatic rings. The molecule has 0 radical (unpaired) electrons. The molecule has 2 aromatic carbocycles. The number of hydrogen-bond acceptors (Lipinski definition) is 3. The second kappa shape index (κ2) is 5.58. The van der Waals surface area contributed by atoms with Crippen molar-refractivity contribution in [2.75, 3.05) is 5.32 Å². The highest BCUT2D eigenvalue weighted by Gasteiger charge is 2.01. The second-order valence-corrected chi connectivity index (χ2v) is 4.66. The molecule has 0 aliphatic carbocycles. The minimum Gasteiger partial charge on any atom is -0.508 e. The van der Waals surface area contributed by atoms with Gasteiger partial charge in [0, 0.05) is 30.2 Å². The number of rotatable bonds is 4. The first-order chi connectivity index (χ1) is 10.2. The van der Waals surface area contributed by atoms with Crippen molar-refractivity contribution in [2.24, 2.45) is 0 Å². The zero-order valence-electron chi connectivity index (χ0n) is 11.3. The molecule has 1 heterocycles. The van der Waals surface area contributed by atoms with Crippen molar-refractivity contribution in [3.05, 3.63) is 77.0 Å². The zero-order valence-corrected chi connectivity index (χ0v) is 11.3. The third-order valence-electron chi connectivity index (χ3n) is 3.27. The van der Waals surface area contributed by atoms with Gasteiger partial charge in [-0.05, 0) is 30.3 Å². The predicted molar refractivity (Wildman–Crippen MR) is 81.8 cm³/mol. The van der Waals surface area contributed by atoms with Crippen molar-refractivity contribution in [2.45, 2.75) is 6.54 Å². The molecule has 0 saturated carbocycles. The fourth-order valence-electron chi connectivity index (χ4n) is 2.12. The first-order valence-electron chi connectivity index (χ1n) is 6.61. The minimum absolute atomic E-state index is 0.162. The lowest BCUT2D eigenvalue weighted by Crippen LogP contribution is -2.13. The fraction of sp³-hybridized carbons (Fsp3) is 0.0625. The number of aromatic nitrogens is 2. The molecule has 1 aromatic heterocycles. The minimum atomic E-state index is -0.162. The van der Waals surface area contributed by atoms with Crippen LogP contribution in [0.4, 0.5) is 5.69 Å². The second-order valence-electron chi connectivity index (χ2n) is 4.66. The molecule has 0 amide bonds. The molecule has 3 rings (SSSR count). The van der Waals surface area contributed by atoms with Gasteiger partial charge in [-0.1, -0.05) is 18.2 Å². The Balaban J connectivity index is 1.72. The lowest BCUT2D eigenvalue weighted by Gasteiger charge is -2.09. The summed E-state index contributed by atoms with van der Waals surface area (Å²) in [6, 6.07) is 14.7. The van der Waals surface area contributed by atoms with Crippen LogP contribution in [-0.2, 0) is 6.54 Å². The molecule has 0 saturated heterocycles. The fourth-order valence-corrected chi connectivity index (χ4v) is 2.12. The van der Waals surface area contributed by atoms with E-state index >= 15 is 0 Å². The molecule has 21 heavy (non-hydrogen) atoms. The Morgan fingerprint density at radius 1 is 1.10 bits per heavy atom. The van der Waals surface area contributed by atoms with Crippen molar-refractivity contribution >= 4 is 5.69 Å². The topological polar surface area (TPSA) is 70.0 Å². The number of hydrogen-bond donors (Lipinski definition) is 3. The van der Waals surface area contributed by atoms with Crippen LogP contribution in [0.1, 0.15) is 5.56 Å². The van der Waals surface area contributed by atoms with E-state index in [1.807, 2.05) is 36.4 Å². The van der Waals surface area contributed by atoms with Crippen LogP contribution >= 0.6 is 0 Å². The predicted octanol–water partition coefficient (Wildman–Crippen LogP) is 2.48. The SMILES string of the molecule is O=c1[nH]ccn1-c1ccc(NCc2ccccc2O)cc1. The van der Waals surface area contributed by atoms with Crippen LogP contribution < -0.4 is 11.0 Å². The molecule has 3 N–H and O–H groups in total. The van der Waals surface area contributed by atoms with Crippen LogP contribution in [0.25, 0.3) is 5.69 Å². The third-order valence-corrected chi connectivity index (χ3v) is 3.27. The van der Waals surface area contributed by atoms with E-state index in [1.54, 1.807) is 24.5 Å². The molecule has 0 aliphatic heterocycles. The summed E-state index contributed by atoms with van der Waals surface area (Å²) in [5.74, 6) is 0.278. The molecule has 0 bridgehead atoms. The molecule has 5 nitrogen and oxygen atoms in total. The molecule has 5 heteroatoms. The summed E-state index contributed by atoms with van der Waals surface area (Å²) in [4.78, 5) is 14.1. The van der Waals surface area contributed by atoms with Crippen molar-refractivity contribution in [3.63, 3.8) is 0 Å². The lowest BCUT2D eigenvalue weighted by atomic mass is 10.2. The Labute approximate surface area is 121 Å². The van der Waals surface area contributed by atoms with E-state index in [9.17, 15) is 9.90 Å². The summed E-state index contributed by atoms with van der Waals surface area (Å²) >= 11 is 0. The summed E-state index contributed by atoms with van der Waals surface area (Å²) < 4.78 is 1.53. The Bertz CT molecular complexity index is 788. The number of nitrogens with zero attached hydrogens (tertiary/aromatic N) is 1. The number of benzene rings is 2. The van der Waals surface area contributed by atoms with E-state index in [2.05, 4.69) is 10.3 Å². The smallest absolute Gasteiger partial charge is 0.330 e. The van der Waals surface area contributed by atoms with Crippen LogP contribution in [-0.4, -0.2) is 14.7 Å². The standard InChI is InChI=1S/C16H15N3O2/c20-15-4-2-1-3-12(15)11-18-13-5-7-14(8-6-13)19-10-9-17-16(19)21/h1-10,18,20H,11H2,(H,17,21). The Morgan fingerprint density at radius 2 is 1.86 bits per heavy atom. The van der Waals surface area contributed by atoms with Gasteiger partial charge in [-0.3, -0.25) is 4.57 Å². The van der Waals surface area contributed by atoms with Crippen LogP contribution in [0.5, 0.6) is 5.75 Å². The van der Waals surface area contributed by atoms with E-state index in [0.29, 0.717) is 6.54 Å². The Morgan fingerprint density at radius 3 is 2.52 bits per heavy atom. The van der Waals surface area contributed by atoms with Gasteiger partial charge >= 0.3 is 5.69 Å². The highest BCUT2D eigenvalue weighted by atomic mass is 16.3. The Kier molecular flexibility index (Phi) is 3.47. The number of aromatic hydroxyl groups is 1. The van der Waals surface area contributed by atoms with Gasteiger partial charge in [-0.2, -0.15) is 0 Å². The number of para-hydroxylation sites is 1. The van der Waals surface area contributed by atoms with E-state index in [-0.39, 0.29) is 11.4 Å². The summed E-state index contributed by atoms with van der Waals surface area (Å²) in [5, 5.41) is 12.9. The summed E-state index contributed by atoms with van der Waals surface area (Å²) in [7, 11) is 0. The van der Waals surface area contributed by atoms with Gasteiger partial charge in [0.15, 0.2) is 0 Å². The number of nitrogens with one attached hydrogen (secondary N) is 2. The summed E-state index contributed by atoms with van der Waals surface area (Å²) in [6.07, 6.45) is 3.29. The summed E-state index contributed by atoms with van der Waals surface area (Å²) in [5.41, 5.74) is 2.40. The zero-order chi connectivity index (χ0) is 14.7. The molecule has 0 spiro atoms. The molecule has 0 atom stereocenters. The lowest BCUT2D eigenvalue weighted by molar-refractivity contribution is 0.469. The number of phenols is 1. The number of aromatic amines is 1. The summed E-state index contributed by atoms with van der Waals surface area (Å²) in [6.45, 7) is 0.538. The van der Waals surface area contributed by atoms with Gasteiger partial charge in [-0.15, -0.1) is 0 Å². The van der Waals surface area contributed by atoms with Gasteiger partial charge in [0.2, 0.25) is 0 Å². The number of H-pyrrole nitrogens is 1. The molecule has 0 unspecified atom stereocenters. The molecular formula is C16H15N3O2. The van der Waals surface area contributed by atoms with Crippen molar-refractivity contribution in [3.8, 4) is 11.4 Å². The number of imidazole rings is 1. The maximum absolute atomic E-state index is 11.5. The first-order valence-corrected chi connectivity index (χ1v) is 6.61. The van der Waals surface area contributed by atoms with Gasteiger partial charge in [0.05, 0.1) is 5.69 Å². The number of anilines is 1. The van der Waals surface area contributed by atoms with Crippen molar-refractivity contribution in [1.29, 1.82) is 0 Å². The molecule has 0 fully saturated rings. The third kappa shape index (κ3) is 2.81. The average Bonchev–Trinajstić information content (AvgIpc) is 2.93.